The van der Waals surface area contributed by atoms with Gasteiger partial charge < -0.3 is 25.1 Å². The molecule has 49 heavy (non-hydrogen) atoms. The Morgan fingerprint density at radius 3 is 1.12 bits per heavy atom. The summed E-state index contributed by atoms with van der Waals surface area (Å²) in [5.74, 6) is 1.55. The van der Waals surface area contributed by atoms with E-state index in [0.29, 0.717) is 13.1 Å². The van der Waals surface area contributed by atoms with Crippen molar-refractivity contribution in [2.75, 3.05) is 90.3 Å². The quantitative estimate of drug-likeness (QED) is 0.316. The number of aromatic nitrogens is 2. The third kappa shape index (κ3) is 17.1. The molecule has 4 heterocycles. The Bertz CT molecular complexity index is 1100. The zero-order valence-electron chi connectivity index (χ0n) is 30.7. The maximum Gasteiger partial charge on any atom is 0.325 e. The normalized spacial score (nSPS) is 13.7. The lowest BCUT2D eigenvalue weighted by atomic mass is 10.1. The molecule has 0 aliphatic carbocycles. The van der Waals surface area contributed by atoms with Crippen molar-refractivity contribution in [1.29, 1.82) is 0 Å². The van der Waals surface area contributed by atoms with Crippen molar-refractivity contribution in [3.8, 4) is 0 Å². The topological polar surface area (TPSA) is 111 Å². The van der Waals surface area contributed by atoms with Crippen LogP contribution in [0.15, 0.2) is 24.3 Å². The van der Waals surface area contributed by atoms with Gasteiger partial charge in [0.25, 0.3) is 0 Å². The number of aryl methyl sites for hydroxylation is 4. The van der Waals surface area contributed by atoms with Gasteiger partial charge in [-0.15, -0.1) is 49.6 Å². The molecule has 284 valence electrons. The number of anilines is 2. The molecule has 2 N–H and O–H groups in total. The van der Waals surface area contributed by atoms with Gasteiger partial charge in [-0.25, -0.2) is 19.6 Å². The summed E-state index contributed by atoms with van der Waals surface area (Å²) in [5, 5.41) is 0. The van der Waals surface area contributed by atoms with Crippen molar-refractivity contribution in [3.63, 3.8) is 0 Å². The zero-order chi connectivity index (χ0) is 32.2. The van der Waals surface area contributed by atoms with Crippen molar-refractivity contribution in [2.24, 2.45) is 0 Å². The first kappa shape index (κ1) is 51.3. The minimum Gasteiger partial charge on any atom is -0.412 e. The molecule has 2 fully saturated rings. The van der Waals surface area contributed by atoms with E-state index in [1.54, 1.807) is 0 Å². The van der Waals surface area contributed by atoms with Crippen molar-refractivity contribution < 1.29 is 15.1 Å². The highest BCUT2D eigenvalue weighted by atomic mass is 35.5. The van der Waals surface area contributed by atoms with E-state index in [1.165, 1.54) is 12.8 Å². The van der Waals surface area contributed by atoms with Crippen LogP contribution in [-0.2, 0) is 0 Å². The smallest absolute Gasteiger partial charge is 0.325 e. The van der Waals surface area contributed by atoms with Crippen LogP contribution in [0.1, 0.15) is 61.0 Å². The summed E-state index contributed by atoms with van der Waals surface area (Å²) in [6.45, 7) is 14.5. The standard InChI is InChI=1S/2C17H28N4O.4ClH.H2O/c2*1-14-12-15(2)18-16(13-14)21(11-10-19(3)4)17(22)20-8-6-5-7-9-20;;;;;/h2*12-13H,5-11H2,1-4H3;4*1H;1H2. The minimum absolute atomic E-state index is 0. The van der Waals surface area contributed by atoms with Crippen molar-refractivity contribution >= 4 is 73.3 Å². The lowest BCUT2D eigenvalue weighted by molar-refractivity contribution is 0.191. The van der Waals surface area contributed by atoms with Crippen molar-refractivity contribution in [2.45, 2.75) is 66.2 Å². The Morgan fingerprint density at radius 2 is 0.857 bits per heavy atom. The molecular weight excluding hydrogens is 710 g/mol. The van der Waals surface area contributed by atoms with Gasteiger partial charge >= 0.3 is 12.1 Å². The Morgan fingerprint density at radius 1 is 0.551 bits per heavy atom. The van der Waals surface area contributed by atoms with Crippen LogP contribution in [-0.4, -0.2) is 128 Å². The van der Waals surface area contributed by atoms with Crippen LogP contribution in [0.5, 0.6) is 0 Å². The molecule has 4 amide bonds. The van der Waals surface area contributed by atoms with Crippen LogP contribution >= 0.6 is 49.6 Å². The number of halogens is 4. The summed E-state index contributed by atoms with van der Waals surface area (Å²) in [6, 6.07) is 8.28. The Kier molecular flexibility index (Phi) is 27.0. The lowest BCUT2D eigenvalue weighted by Crippen LogP contribution is -2.48. The van der Waals surface area contributed by atoms with Gasteiger partial charge in [0.15, 0.2) is 0 Å². The van der Waals surface area contributed by atoms with Crippen LogP contribution in [0.2, 0.25) is 0 Å². The number of nitrogens with zero attached hydrogens (tertiary/aromatic N) is 8. The van der Waals surface area contributed by atoms with Gasteiger partial charge in [-0.05, 0) is 130 Å². The van der Waals surface area contributed by atoms with Crippen molar-refractivity contribution in [3.05, 3.63) is 46.8 Å². The second kappa shape index (κ2) is 25.8. The summed E-state index contributed by atoms with van der Waals surface area (Å²) in [4.78, 5) is 46.8. The third-order valence-electron chi connectivity index (χ3n) is 7.98. The first-order valence-corrected chi connectivity index (χ1v) is 16.3. The largest absolute Gasteiger partial charge is 0.412 e. The Labute approximate surface area is 320 Å². The number of hydrogen-bond donors (Lipinski definition) is 0. The monoisotopic (exact) mass is 770 g/mol. The number of carbonyl (C=O) groups is 2. The molecule has 0 saturated carbocycles. The highest BCUT2D eigenvalue weighted by Crippen LogP contribution is 2.20. The number of rotatable bonds is 8. The summed E-state index contributed by atoms with van der Waals surface area (Å²) in [6.07, 6.45) is 6.87. The number of piperidine rings is 2. The van der Waals surface area contributed by atoms with Gasteiger partial charge in [-0.2, -0.15) is 0 Å². The van der Waals surface area contributed by atoms with Gasteiger partial charge in [0.2, 0.25) is 0 Å². The number of carbonyl (C=O) groups excluding carboxylic acids is 2. The van der Waals surface area contributed by atoms with E-state index in [4.69, 9.17) is 0 Å². The summed E-state index contributed by atoms with van der Waals surface area (Å²) in [5.41, 5.74) is 4.19. The van der Waals surface area contributed by atoms with Crippen LogP contribution < -0.4 is 9.80 Å². The molecular formula is C34H62Cl4N8O3. The fourth-order valence-corrected chi connectivity index (χ4v) is 5.64. The minimum atomic E-state index is 0. The van der Waals surface area contributed by atoms with Crippen LogP contribution in [0.25, 0.3) is 0 Å². The Hall–Kier alpha value is -2.12. The first-order chi connectivity index (χ1) is 20.9. The second-order valence-corrected chi connectivity index (χ2v) is 12.9. The van der Waals surface area contributed by atoms with Crippen molar-refractivity contribution in [1.82, 2.24) is 29.6 Å². The highest BCUT2D eigenvalue weighted by Gasteiger charge is 2.26. The van der Waals surface area contributed by atoms with Gasteiger partial charge in [0.05, 0.1) is 0 Å². The molecule has 15 heteroatoms. The van der Waals surface area contributed by atoms with E-state index in [2.05, 4.69) is 19.8 Å². The van der Waals surface area contributed by atoms with Crippen LogP contribution in [0, 0.1) is 27.7 Å². The van der Waals surface area contributed by atoms with E-state index in [9.17, 15) is 9.59 Å². The van der Waals surface area contributed by atoms with Gasteiger partial charge in [-0.3, -0.25) is 9.80 Å². The lowest BCUT2D eigenvalue weighted by Gasteiger charge is -2.33. The number of urea groups is 2. The molecule has 4 rings (SSSR count). The number of likely N-dealkylation sites (N-methyl/N-ethyl adjacent to an activating group) is 2. The van der Waals surface area contributed by atoms with E-state index in [0.717, 1.165) is 99.1 Å². The molecule has 2 aromatic heterocycles. The first-order valence-electron chi connectivity index (χ1n) is 16.3. The fourth-order valence-electron chi connectivity index (χ4n) is 5.64. The summed E-state index contributed by atoms with van der Waals surface area (Å²) < 4.78 is 0. The molecule has 2 aliphatic rings. The van der Waals surface area contributed by atoms with E-state index >= 15 is 0 Å². The second-order valence-electron chi connectivity index (χ2n) is 12.9. The van der Waals surface area contributed by atoms with Gasteiger partial charge in [0, 0.05) is 63.7 Å². The number of hydrogen-bond acceptors (Lipinski definition) is 6. The molecule has 2 saturated heterocycles. The number of pyridine rings is 2. The van der Waals surface area contributed by atoms with E-state index < -0.39 is 0 Å². The van der Waals surface area contributed by atoms with Crippen LogP contribution in [0.3, 0.4) is 0 Å². The predicted octanol–water partition coefficient (Wildman–Crippen LogP) is 6.21. The van der Waals surface area contributed by atoms with E-state index in [-0.39, 0.29) is 67.2 Å². The molecule has 11 nitrogen and oxygen atoms in total. The van der Waals surface area contributed by atoms with Crippen LogP contribution in [0.4, 0.5) is 21.2 Å². The molecule has 0 atom stereocenters. The maximum absolute atomic E-state index is 12.9. The molecule has 2 aliphatic heterocycles. The number of likely N-dealkylation sites (tertiary alicyclic amines) is 2. The summed E-state index contributed by atoms with van der Waals surface area (Å²) >= 11 is 0. The zero-order valence-corrected chi connectivity index (χ0v) is 34.0. The number of amides is 4. The maximum atomic E-state index is 12.9. The van der Waals surface area contributed by atoms with Gasteiger partial charge in [0.1, 0.15) is 11.6 Å². The SMILES string of the molecule is Cc1cc(C)nc(N(CCN(C)C)C(=O)N2CCCCC2)c1.Cc1cc(C)nc(N(CCN(C)C)C(=O)N2CCCCC2)c1.Cl.Cl.Cl.Cl.O. The molecule has 0 spiro atoms. The predicted molar refractivity (Wildman–Crippen MR) is 213 cm³/mol. The van der Waals surface area contributed by atoms with E-state index in [1.807, 2.05) is 99.8 Å². The molecule has 0 radical (unpaired) electrons. The fraction of sp³-hybridized carbons (Fsp3) is 0.647. The average Bonchev–Trinajstić information content (AvgIpc) is 2.97. The van der Waals surface area contributed by atoms with Gasteiger partial charge in [-0.1, -0.05) is 0 Å². The summed E-state index contributed by atoms with van der Waals surface area (Å²) in [7, 11) is 8.11. The highest BCUT2D eigenvalue weighted by molar-refractivity contribution is 5.92. The average molecular weight is 773 g/mol. The Balaban J connectivity index is -0.000000784. The molecule has 2 aromatic rings. The third-order valence-corrected chi connectivity index (χ3v) is 7.98. The molecule has 0 aromatic carbocycles. The molecule has 0 bridgehead atoms. The molecule has 0 unspecified atom stereocenters.